The molecule has 0 atom stereocenters. The zero-order valence-electron chi connectivity index (χ0n) is 13.3. The van der Waals surface area contributed by atoms with Gasteiger partial charge in [0.05, 0.1) is 0 Å². The lowest BCUT2D eigenvalue weighted by molar-refractivity contribution is 0.0690. The van der Waals surface area contributed by atoms with Crippen LogP contribution in [0.15, 0.2) is 42.6 Å². The van der Waals surface area contributed by atoms with Crippen LogP contribution in [0.2, 0.25) is 0 Å². The van der Waals surface area contributed by atoms with E-state index in [2.05, 4.69) is 46.0 Å². The topological polar surface area (TPSA) is 56.7 Å². The summed E-state index contributed by atoms with van der Waals surface area (Å²) in [5.74, 6) is -0.983. The standard InChI is InChI=1S/C18H21N3O2/c1-14-4-2-3-5-17(14)21-10-8-20(9-11-21)13-15-6-7-16(18(22)23)19-12-15/h2-7,12H,8-11,13H2,1H3,(H,22,23). The van der Waals surface area contributed by atoms with Gasteiger partial charge in [0.25, 0.3) is 0 Å². The smallest absolute Gasteiger partial charge is 0.354 e. The van der Waals surface area contributed by atoms with Crippen LogP contribution in [-0.4, -0.2) is 47.1 Å². The van der Waals surface area contributed by atoms with Crippen molar-refractivity contribution >= 4 is 11.7 Å². The third-order valence-corrected chi connectivity index (χ3v) is 4.28. The SMILES string of the molecule is Cc1ccccc1N1CCN(Cc2ccc(C(=O)O)nc2)CC1. The Bertz CT molecular complexity index is 677. The summed E-state index contributed by atoms with van der Waals surface area (Å²) in [4.78, 5) is 19.6. The van der Waals surface area contributed by atoms with Gasteiger partial charge in [-0.3, -0.25) is 4.90 Å². The van der Waals surface area contributed by atoms with Crippen molar-refractivity contribution < 1.29 is 9.90 Å². The molecule has 2 heterocycles. The number of anilines is 1. The molecule has 1 saturated heterocycles. The minimum absolute atomic E-state index is 0.0955. The Morgan fingerprint density at radius 3 is 2.48 bits per heavy atom. The summed E-state index contributed by atoms with van der Waals surface area (Å²) in [5.41, 5.74) is 3.78. The Balaban J connectivity index is 1.57. The van der Waals surface area contributed by atoms with Crippen molar-refractivity contribution in [2.24, 2.45) is 0 Å². The molecule has 2 aromatic rings. The van der Waals surface area contributed by atoms with Crippen molar-refractivity contribution in [3.05, 3.63) is 59.4 Å². The predicted octanol–water partition coefficient (Wildman–Crippen LogP) is 2.41. The van der Waals surface area contributed by atoms with E-state index in [1.54, 1.807) is 12.3 Å². The largest absolute Gasteiger partial charge is 0.477 e. The van der Waals surface area contributed by atoms with Crippen LogP contribution in [-0.2, 0) is 6.54 Å². The molecule has 1 aromatic heterocycles. The summed E-state index contributed by atoms with van der Waals surface area (Å²) in [6.45, 7) is 6.97. The van der Waals surface area contributed by atoms with E-state index in [0.29, 0.717) is 0 Å². The molecule has 23 heavy (non-hydrogen) atoms. The summed E-state index contributed by atoms with van der Waals surface area (Å²) in [7, 11) is 0. The zero-order valence-corrected chi connectivity index (χ0v) is 13.3. The van der Waals surface area contributed by atoms with Crippen LogP contribution < -0.4 is 4.90 Å². The van der Waals surface area contributed by atoms with Crippen LogP contribution in [0.5, 0.6) is 0 Å². The minimum atomic E-state index is -0.983. The maximum atomic E-state index is 10.8. The van der Waals surface area contributed by atoms with Crippen molar-refractivity contribution in [2.45, 2.75) is 13.5 Å². The summed E-state index contributed by atoms with van der Waals surface area (Å²) < 4.78 is 0. The number of aryl methyl sites for hydroxylation is 1. The molecule has 0 amide bonds. The molecule has 0 spiro atoms. The van der Waals surface area contributed by atoms with Gasteiger partial charge in [0.15, 0.2) is 0 Å². The number of hydrogen-bond acceptors (Lipinski definition) is 4. The minimum Gasteiger partial charge on any atom is -0.477 e. The van der Waals surface area contributed by atoms with Crippen molar-refractivity contribution in [3.8, 4) is 0 Å². The molecule has 1 fully saturated rings. The second-order valence-corrected chi connectivity index (χ2v) is 5.91. The number of rotatable bonds is 4. The summed E-state index contributed by atoms with van der Waals surface area (Å²) >= 11 is 0. The molecule has 5 nitrogen and oxygen atoms in total. The number of pyridine rings is 1. The third kappa shape index (κ3) is 3.68. The first kappa shape index (κ1) is 15.5. The third-order valence-electron chi connectivity index (χ3n) is 4.28. The van der Waals surface area contributed by atoms with E-state index in [1.807, 2.05) is 6.07 Å². The van der Waals surface area contributed by atoms with Crippen molar-refractivity contribution in [1.29, 1.82) is 0 Å². The van der Waals surface area contributed by atoms with Gasteiger partial charge < -0.3 is 10.0 Å². The Morgan fingerprint density at radius 2 is 1.87 bits per heavy atom. The van der Waals surface area contributed by atoms with Gasteiger partial charge in [-0.15, -0.1) is 0 Å². The Hall–Kier alpha value is -2.40. The first-order chi connectivity index (χ1) is 11.1. The number of hydrogen-bond donors (Lipinski definition) is 1. The van der Waals surface area contributed by atoms with E-state index >= 15 is 0 Å². The summed E-state index contributed by atoms with van der Waals surface area (Å²) in [5, 5.41) is 8.88. The molecular weight excluding hydrogens is 290 g/mol. The average Bonchev–Trinajstić information content (AvgIpc) is 2.57. The first-order valence-electron chi connectivity index (χ1n) is 7.84. The van der Waals surface area contributed by atoms with Crippen molar-refractivity contribution in [3.63, 3.8) is 0 Å². The van der Waals surface area contributed by atoms with Gasteiger partial charge in [-0.2, -0.15) is 0 Å². The molecule has 120 valence electrons. The number of carboxylic acid groups (broad SMARTS) is 1. The molecule has 0 aliphatic carbocycles. The lowest BCUT2D eigenvalue weighted by Crippen LogP contribution is -2.46. The molecule has 0 radical (unpaired) electrons. The van der Waals surface area contributed by atoms with Crippen LogP contribution in [0.3, 0.4) is 0 Å². The molecule has 1 N–H and O–H groups in total. The number of piperazine rings is 1. The Kier molecular flexibility index (Phi) is 4.57. The van der Waals surface area contributed by atoms with Crippen LogP contribution in [0.25, 0.3) is 0 Å². The summed E-state index contributed by atoms with van der Waals surface area (Å²) in [6.07, 6.45) is 1.66. The fourth-order valence-electron chi connectivity index (χ4n) is 2.97. The van der Waals surface area contributed by atoms with Crippen molar-refractivity contribution in [2.75, 3.05) is 31.1 Å². The quantitative estimate of drug-likeness (QED) is 0.939. The highest BCUT2D eigenvalue weighted by molar-refractivity contribution is 5.85. The molecule has 0 unspecified atom stereocenters. The molecule has 1 aliphatic heterocycles. The number of nitrogens with zero attached hydrogens (tertiary/aromatic N) is 3. The lowest BCUT2D eigenvalue weighted by atomic mass is 10.1. The molecule has 5 heteroatoms. The van der Waals surface area contributed by atoms with E-state index < -0.39 is 5.97 Å². The Labute approximate surface area is 136 Å². The molecule has 1 aliphatic rings. The predicted molar refractivity (Wildman–Crippen MR) is 89.9 cm³/mol. The lowest BCUT2D eigenvalue weighted by Gasteiger charge is -2.36. The van der Waals surface area contributed by atoms with E-state index in [-0.39, 0.29) is 5.69 Å². The number of carbonyl (C=O) groups is 1. The normalized spacial score (nSPS) is 15.6. The van der Waals surface area contributed by atoms with Crippen molar-refractivity contribution in [1.82, 2.24) is 9.88 Å². The van der Waals surface area contributed by atoms with Gasteiger partial charge in [-0.25, -0.2) is 9.78 Å². The first-order valence-corrected chi connectivity index (χ1v) is 7.84. The number of carboxylic acids is 1. The molecule has 3 rings (SSSR count). The summed E-state index contributed by atoms with van der Waals surface area (Å²) in [6, 6.07) is 11.9. The fraction of sp³-hybridized carbons (Fsp3) is 0.333. The van der Waals surface area contributed by atoms with E-state index in [0.717, 1.165) is 38.3 Å². The highest BCUT2D eigenvalue weighted by atomic mass is 16.4. The monoisotopic (exact) mass is 311 g/mol. The van der Waals surface area contributed by atoms with Gasteiger partial charge in [-0.05, 0) is 30.2 Å². The second-order valence-electron chi connectivity index (χ2n) is 5.91. The highest BCUT2D eigenvalue weighted by Gasteiger charge is 2.18. The van der Waals surface area contributed by atoms with Crippen LogP contribution in [0.4, 0.5) is 5.69 Å². The van der Waals surface area contributed by atoms with Gasteiger partial charge in [0.1, 0.15) is 5.69 Å². The number of benzene rings is 1. The molecule has 0 saturated carbocycles. The molecule has 1 aromatic carbocycles. The zero-order chi connectivity index (χ0) is 16.2. The van der Waals surface area contributed by atoms with Gasteiger partial charge in [0.2, 0.25) is 0 Å². The molecule has 0 bridgehead atoms. The van der Waals surface area contributed by atoms with E-state index in [9.17, 15) is 4.79 Å². The van der Waals surface area contributed by atoms with Crippen LogP contribution in [0.1, 0.15) is 21.6 Å². The highest BCUT2D eigenvalue weighted by Crippen LogP contribution is 2.21. The number of para-hydroxylation sites is 1. The van der Waals surface area contributed by atoms with Crippen LogP contribution >= 0.6 is 0 Å². The van der Waals surface area contributed by atoms with Gasteiger partial charge >= 0.3 is 5.97 Å². The van der Waals surface area contributed by atoms with E-state index in [4.69, 9.17) is 5.11 Å². The van der Waals surface area contributed by atoms with Gasteiger partial charge in [-0.1, -0.05) is 24.3 Å². The maximum absolute atomic E-state index is 10.8. The molecular formula is C18H21N3O2. The maximum Gasteiger partial charge on any atom is 0.354 e. The Morgan fingerprint density at radius 1 is 1.13 bits per heavy atom. The van der Waals surface area contributed by atoms with Crippen LogP contribution in [0, 0.1) is 6.92 Å². The van der Waals surface area contributed by atoms with E-state index in [1.165, 1.54) is 11.3 Å². The number of aromatic carboxylic acids is 1. The second kappa shape index (κ2) is 6.79. The fourth-order valence-corrected chi connectivity index (χ4v) is 2.97. The average molecular weight is 311 g/mol. The number of aromatic nitrogens is 1. The van der Waals surface area contributed by atoms with Gasteiger partial charge in [0, 0.05) is 44.6 Å².